The molecule has 0 saturated heterocycles. The largest absolute Gasteiger partial charge is 0.287 e. The van der Waals surface area contributed by atoms with Gasteiger partial charge in [0.05, 0.1) is 12.1 Å². The van der Waals surface area contributed by atoms with Crippen LogP contribution in [0, 0.1) is 0 Å². The van der Waals surface area contributed by atoms with Crippen LogP contribution in [0.2, 0.25) is 0 Å². The second-order valence-corrected chi connectivity index (χ2v) is 1.87. The fourth-order valence-electron chi connectivity index (χ4n) is 0.423. The van der Waals surface area contributed by atoms with E-state index in [0.717, 1.165) is 0 Å². The Kier molecular flexibility index (Phi) is 0.964. The van der Waals surface area contributed by atoms with Gasteiger partial charge in [0.15, 0.2) is 0 Å². The molecule has 0 aromatic rings. The monoisotopic (exact) mass is 99.1 g/mol. The van der Waals surface area contributed by atoms with Gasteiger partial charge in [0.2, 0.25) is 0 Å². The van der Waals surface area contributed by atoms with Gasteiger partial charge in [0, 0.05) is 0 Å². The highest BCUT2D eigenvalue weighted by Gasteiger charge is 2.13. The third kappa shape index (κ3) is 0.706. The second kappa shape index (κ2) is 1.48. The molecular weight excluding hydrogens is 90.1 g/mol. The van der Waals surface area contributed by atoms with Crippen molar-refractivity contribution in [3.05, 3.63) is 0 Å². The topological polar surface area (TPSA) is 36.8 Å². The van der Waals surface area contributed by atoms with E-state index in [4.69, 9.17) is 0 Å². The first-order valence-corrected chi connectivity index (χ1v) is 2.46. The Morgan fingerprint density at radius 2 is 2.14 bits per heavy atom. The van der Waals surface area contributed by atoms with E-state index in [9.17, 15) is 0 Å². The van der Waals surface area contributed by atoms with Crippen molar-refractivity contribution in [2.24, 2.45) is 10.3 Å². The molecule has 1 aliphatic rings. The van der Waals surface area contributed by atoms with Gasteiger partial charge >= 0.3 is 0 Å². The van der Waals surface area contributed by atoms with Crippen molar-refractivity contribution < 1.29 is 0 Å². The van der Waals surface area contributed by atoms with Gasteiger partial charge in [-0.2, -0.15) is 5.11 Å². The molecular formula is C4H9N3. The third-order valence-corrected chi connectivity index (χ3v) is 1.22. The Hall–Kier alpha value is -0.600. The second-order valence-electron chi connectivity index (χ2n) is 1.87. The molecule has 0 spiro atoms. The Morgan fingerprint density at radius 3 is 2.29 bits per heavy atom. The zero-order chi connectivity index (χ0) is 5.28. The first kappa shape index (κ1) is 4.56. The summed E-state index contributed by atoms with van der Waals surface area (Å²) in [7, 11) is 0. The molecule has 40 valence electrons. The van der Waals surface area contributed by atoms with Crippen LogP contribution in [0.1, 0.15) is 13.8 Å². The van der Waals surface area contributed by atoms with E-state index in [2.05, 4.69) is 22.7 Å². The zero-order valence-electron chi connectivity index (χ0n) is 4.55. The van der Waals surface area contributed by atoms with Crippen molar-refractivity contribution in [2.75, 3.05) is 0 Å². The van der Waals surface area contributed by atoms with Crippen LogP contribution >= 0.6 is 0 Å². The van der Waals surface area contributed by atoms with Gasteiger partial charge in [0.1, 0.15) is 0 Å². The Balaban J connectivity index is 2.45. The highest BCUT2D eigenvalue weighted by atomic mass is 15.5. The van der Waals surface area contributed by atoms with Gasteiger partial charge in [-0.15, -0.1) is 0 Å². The summed E-state index contributed by atoms with van der Waals surface area (Å²) in [4.78, 5) is 0. The molecule has 1 aliphatic heterocycles. The van der Waals surface area contributed by atoms with Gasteiger partial charge < -0.3 is 0 Å². The smallest absolute Gasteiger partial charge is 0.0916 e. The van der Waals surface area contributed by atoms with Crippen LogP contribution in [0.4, 0.5) is 0 Å². The quantitative estimate of drug-likeness (QED) is 0.477. The molecule has 0 radical (unpaired) electrons. The fraction of sp³-hybridized carbons (Fsp3) is 1.00. The molecule has 0 amide bonds. The SMILES string of the molecule is C[C@@H]1N=NN[C@@H]1C. The normalized spacial score (nSPS) is 38.6. The van der Waals surface area contributed by atoms with Crippen molar-refractivity contribution in [3.63, 3.8) is 0 Å². The molecule has 0 unspecified atom stereocenters. The fourth-order valence-corrected chi connectivity index (χ4v) is 0.423. The molecule has 1 N–H and O–H groups in total. The average molecular weight is 99.1 g/mol. The van der Waals surface area contributed by atoms with Gasteiger partial charge in [-0.3, -0.25) is 5.43 Å². The molecule has 0 aromatic heterocycles. The van der Waals surface area contributed by atoms with Crippen molar-refractivity contribution in [3.8, 4) is 0 Å². The average Bonchev–Trinajstić information content (AvgIpc) is 1.91. The molecule has 0 saturated carbocycles. The number of hydrogen-bond donors (Lipinski definition) is 1. The summed E-state index contributed by atoms with van der Waals surface area (Å²) in [5, 5.41) is 7.45. The van der Waals surface area contributed by atoms with Crippen LogP contribution < -0.4 is 5.43 Å². The number of rotatable bonds is 0. The molecule has 0 bridgehead atoms. The third-order valence-electron chi connectivity index (χ3n) is 1.22. The van der Waals surface area contributed by atoms with Gasteiger partial charge in [-0.1, -0.05) is 5.22 Å². The summed E-state index contributed by atoms with van der Waals surface area (Å²) < 4.78 is 0. The maximum atomic E-state index is 3.83. The van der Waals surface area contributed by atoms with Crippen LogP contribution in [0.15, 0.2) is 10.3 Å². The number of nitrogens with one attached hydrogen (secondary N) is 1. The Labute approximate surface area is 42.8 Å². The molecule has 3 nitrogen and oxygen atoms in total. The predicted octanol–water partition coefficient (Wildman–Crippen LogP) is 0.734. The van der Waals surface area contributed by atoms with Gasteiger partial charge in [-0.25, -0.2) is 0 Å². The summed E-state index contributed by atoms with van der Waals surface area (Å²) in [6.45, 7) is 4.10. The first-order chi connectivity index (χ1) is 3.30. The summed E-state index contributed by atoms with van der Waals surface area (Å²) in [5.74, 6) is 0. The standard InChI is InChI=1S/C4H9N3/c1-3-4(2)6-7-5-3/h3-4H,1-2H3,(H,5,6)/t3-,4+. The van der Waals surface area contributed by atoms with E-state index < -0.39 is 0 Å². The van der Waals surface area contributed by atoms with Crippen LogP contribution in [-0.2, 0) is 0 Å². The van der Waals surface area contributed by atoms with Crippen molar-refractivity contribution in [1.29, 1.82) is 0 Å². The maximum Gasteiger partial charge on any atom is 0.0916 e. The van der Waals surface area contributed by atoms with E-state index in [1.54, 1.807) is 0 Å². The van der Waals surface area contributed by atoms with Crippen molar-refractivity contribution in [1.82, 2.24) is 5.43 Å². The van der Waals surface area contributed by atoms with E-state index >= 15 is 0 Å². The lowest BCUT2D eigenvalue weighted by atomic mass is 10.2. The first-order valence-electron chi connectivity index (χ1n) is 2.46. The molecule has 7 heavy (non-hydrogen) atoms. The van der Waals surface area contributed by atoms with Gasteiger partial charge in [-0.05, 0) is 13.8 Å². The minimum Gasteiger partial charge on any atom is -0.287 e. The Morgan fingerprint density at radius 1 is 1.43 bits per heavy atom. The molecule has 1 heterocycles. The minimum absolute atomic E-state index is 0.361. The highest BCUT2D eigenvalue weighted by molar-refractivity contribution is 4.74. The molecule has 1 rings (SSSR count). The number of nitrogens with zero attached hydrogens (tertiary/aromatic N) is 2. The highest BCUT2D eigenvalue weighted by Crippen LogP contribution is 2.02. The maximum absolute atomic E-state index is 3.83. The molecule has 0 fully saturated rings. The molecule has 0 aromatic carbocycles. The molecule has 0 aliphatic carbocycles. The lowest BCUT2D eigenvalue weighted by molar-refractivity contribution is 0.578. The van der Waals surface area contributed by atoms with Gasteiger partial charge in [0.25, 0.3) is 0 Å². The predicted molar refractivity (Wildman–Crippen MR) is 26.9 cm³/mol. The summed E-state index contributed by atoms with van der Waals surface area (Å²) >= 11 is 0. The van der Waals surface area contributed by atoms with E-state index in [-0.39, 0.29) is 0 Å². The van der Waals surface area contributed by atoms with Crippen molar-refractivity contribution >= 4 is 0 Å². The summed E-state index contributed by atoms with van der Waals surface area (Å²) in [6, 6.07) is 0.792. The zero-order valence-corrected chi connectivity index (χ0v) is 4.55. The van der Waals surface area contributed by atoms with Crippen LogP contribution in [0.5, 0.6) is 0 Å². The minimum atomic E-state index is 0.361. The van der Waals surface area contributed by atoms with Crippen molar-refractivity contribution in [2.45, 2.75) is 25.9 Å². The lowest BCUT2D eigenvalue weighted by Gasteiger charge is -2.01. The molecule has 3 heteroatoms. The van der Waals surface area contributed by atoms with Crippen LogP contribution in [0.25, 0.3) is 0 Å². The lowest BCUT2D eigenvalue weighted by Crippen LogP contribution is -2.23. The van der Waals surface area contributed by atoms with Crippen LogP contribution in [-0.4, -0.2) is 12.1 Å². The number of hydrogen-bond acceptors (Lipinski definition) is 3. The van der Waals surface area contributed by atoms with E-state index in [1.807, 2.05) is 6.92 Å². The van der Waals surface area contributed by atoms with Crippen LogP contribution in [0.3, 0.4) is 0 Å². The summed E-state index contributed by atoms with van der Waals surface area (Å²) in [5.41, 5.74) is 2.83. The Bertz CT molecular complexity index is 88.9. The molecule has 2 atom stereocenters. The summed E-state index contributed by atoms with van der Waals surface area (Å²) in [6.07, 6.45) is 0. The van der Waals surface area contributed by atoms with E-state index in [1.165, 1.54) is 0 Å². The van der Waals surface area contributed by atoms with E-state index in [0.29, 0.717) is 12.1 Å².